The second-order valence-corrected chi connectivity index (χ2v) is 9.43. The maximum absolute atomic E-state index is 13.3. The molecule has 0 aliphatic carbocycles. The zero-order valence-corrected chi connectivity index (χ0v) is 19.3. The van der Waals surface area contributed by atoms with E-state index in [-0.39, 0.29) is 35.9 Å². The minimum absolute atomic E-state index is 0.0374. The summed E-state index contributed by atoms with van der Waals surface area (Å²) in [4.78, 5) is 39.7. The van der Waals surface area contributed by atoms with Crippen molar-refractivity contribution in [2.24, 2.45) is 0 Å². The summed E-state index contributed by atoms with van der Waals surface area (Å²) in [5, 5.41) is 2.70. The van der Waals surface area contributed by atoms with Gasteiger partial charge >= 0.3 is 0 Å². The van der Waals surface area contributed by atoms with Crippen molar-refractivity contribution in [3.05, 3.63) is 65.5 Å². The second kappa shape index (κ2) is 10.1. The first-order valence-electron chi connectivity index (χ1n) is 10.7. The minimum atomic E-state index is -4.04. The molecule has 0 saturated heterocycles. The fourth-order valence-corrected chi connectivity index (χ4v) is 5.36. The molecule has 0 aromatic heterocycles. The molecule has 2 aromatic rings. The molecule has 0 bridgehead atoms. The summed E-state index contributed by atoms with van der Waals surface area (Å²) in [5.74, 6) is -1.94. The van der Waals surface area contributed by atoms with Gasteiger partial charge in [0.2, 0.25) is 11.8 Å². The normalized spacial score (nSPS) is 15.1. The molecule has 33 heavy (non-hydrogen) atoms. The molecule has 176 valence electrons. The topological polar surface area (TPSA) is 104 Å². The average Bonchev–Trinajstić information content (AvgIpc) is 2.99. The Morgan fingerprint density at radius 3 is 2.36 bits per heavy atom. The maximum Gasteiger partial charge on any atom is 0.269 e. The molecule has 3 rings (SSSR count). The average molecular weight is 476 g/mol. The molecule has 8 nitrogen and oxygen atoms in total. The first kappa shape index (κ1) is 24.4. The van der Waals surface area contributed by atoms with Crippen LogP contribution in [-0.4, -0.2) is 54.5 Å². The van der Waals surface area contributed by atoms with Gasteiger partial charge in [-0.1, -0.05) is 31.2 Å². The van der Waals surface area contributed by atoms with Crippen molar-refractivity contribution in [2.75, 3.05) is 13.1 Å². The molecule has 0 saturated carbocycles. The third-order valence-corrected chi connectivity index (χ3v) is 7.28. The number of likely N-dealkylation sites (N-methyl/N-ethyl adjacent to an activating group) is 1. The number of carbonyl (C=O) groups excluding carboxylic acids is 3. The number of benzene rings is 2. The molecule has 10 heteroatoms. The highest BCUT2D eigenvalue weighted by Gasteiger charge is 2.41. The zero-order valence-electron chi connectivity index (χ0n) is 18.5. The van der Waals surface area contributed by atoms with Gasteiger partial charge in [-0.25, -0.2) is 17.1 Å². The molecule has 1 aliphatic heterocycles. The zero-order chi connectivity index (χ0) is 24.2. The number of amides is 3. The Morgan fingerprint density at radius 1 is 1.09 bits per heavy atom. The summed E-state index contributed by atoms with van der Waals surface area (Å²) >= 11 is 0. The lowest BCUT2D eigenvalue weighted by Gasteiger charge is -2.31. The number of fused-ring (bicyclic) bond motifs is 1. The van der Waals surface area contributed by atoms with Crippen LogP contribution in [-0.2, 0) is 26.2 Å². The van der Waals surface area contributed by atoms with Crippen molar-refractivity contribution >= 4 is 27.7 Å². The molecule has 2 aromatic carbocycles. The summed E-state index contributed by atoms with van der Waals surface area (Å²) < 4.78 is 39.5. The summed E-state index contributed by atoms with van der Waals surface area (Å²) in [6.45, 7) is 3.59. The molecule has 1 N–H and O–H groups in total. The van der Waals surface area contributed by atoms with Crippen LogP contribution in [0.15, 0.2) is 53.4 Å². The summed E-state index contributed by atoms with van der Waals surface area (Å²) in [5.41, 5.74) is 0.687. The molecule has 0 spiro atoms. The number of hydrogen-bond acceptors (Lipinski definition) is 5. The molecule has 1 heterocycles. The van der Waals surface area contributed by atoms with E-state index in [0.717, 1.165) is 0 Å². The van der Waals surface area contributed by atoms with Crippen LogP contribution >= 0.6 is 0 Å². The molecule has 1 aliphatic rings. The molecule has 0 unspecified atom stereocenters. The van der Waals surface area contributed by atoms with Crippen molar-refractivity contribution in [1.29, 1.82) is 0 Å². The van der Waals surface area contributed by atoms with Gasteiger partial charge in [-0.3, -0.25) is 14.4 Å². The lowest BCUT2D eigenvalue weighted by atomic mass is 10.1. The second-order valence-electron chi connectivity index (χ2n) is 7.60. The van der Waals surface area contributed by atoms with E-state index in [0.29, 0.717) is 22.8 Å². The molecule has 1 atom stereocenters. The Bertz CT molecular complexity index is 1150. The van der Waals surface area contributed by atoms with Crippen LogP contribution in [0.3, 0.4) is 0 Å². The Hall–Kier alpha value is -3.27. The highest BCUT2D eigenvalue weighted by Crippen LogP contribution is 2.30. The maximum atomic E-state index is 13.3. The van der Waals surface area contributed by atoms with E-state index in [9.17, 15) is 27.2 Å². The number of nitrogens with zero attached hydrogens (tertiary/aromatic N) is 2. The van der Waals surface area contributed by atoms with Gasteiger partial charge < -0.3 is 10.2 Å². The van der Waals surface area contributed by atoms with Gasteiger partial charge in [0, 0.05) is 26.1 Å². The highest BCUT2D eigenvalue weighted by atomic mass is 32.2. The van der Waals surface area contributed by atoms with Crippen molar-refractivity contribution in [3.8, 4) is 0 Å². The van der Waals surface area contributed by atoms with Crippen LogP contribution in [0.2, 0.25) is 0 Å². The minimum Gasteiger partial charge on any atom is -0.355 e. The van der Waals surface area contributed by atoms with Crippen molar-refractivity contribution in [1.82, 2.24) is 14.5 Å². The largest absolute Gasteiger partial charge is 0.355 e. The smallest absolute Gasteiger partial charge is 0.269 e. The van der Waals surface area contributed by atoms with E-state index in [1.54, 1.807) is 19.9 Å². The van der Waals surface area contributed by atoms with Gasteiger partial charge in [-0.2, -0.15) is 0 Å². The molecular weight excluding hydrogens is 449 g/mol. The van der Waals surface area contributed by atoms with E-state index >= 15 is 0 Å². The van der Waals surface area contributed by atoms with Crippen molar-refractivity contribution in [3.63, 3.8) is 0 Å². The van der Waals surface area contributed by atoms with E-state index in [2.05, 4.69) is 5.32 Å². The highest BCUT2D eigenvalue weighted by molar-refractivity contribution is 7.90. The Morgan fingerprint density at radius 2 is 1.76 bits per heavy atom. The number of halogens is 1. The van der Waals surface area contributed by atoms with Crippen LogP contribution in [0.5, 0.6) is 0 Å². The Kier molecular flexibility index (Phi) is 7.47. The van der Waals surface area contributed by atoms with Gasteiger partial charge in [0.1, 0.15) is 16.8 Å². The first-order valence-corrected chi connectivity index (χ1v) is 12.1. The number of sulfonamides is 1. The van der Waals surface area contributed by atoms with Gasteiger partial charge in [-0.05, 0) is 43.2 Å². The third kappa shape index (κ3) is 5.05. The molecule has 0 radical (unpaired) electrons. The standard InChI is InChI=1S/C23H26FN3O5S/c1-3-19(22(29)25-4-2)26(15-16-9-11-17(24)12-10-16)21(28)13-14-27-23(30)18-7-5-6-8-20(18)33(27,31)32/h5-12,19H,3-4,13-15H2,1-2H3,(H,25,29)/t19-/m0/s1. The van der Waals surface area contributed by atoms with Crippen molar-refractivity contribution in [2.45, 2.75) is 44.2 Å². The van der Waals surface area contributed by atoms with Crippen molar-refractivity contribution < 1.29 is 27.2 Å². The number of hydrogen-bond donors (Lipinski definition) is 1. The third-order valence-electron chi connectivity index (χ3n) is 5.44. The van der Waals surface area contributed by atoms with Crippen LogP contribution in [0, 0.1) is 5.82 Å². The Balaban J connectivity index is 1.82. The van der Waals surface area contributed by atoms with E-state index < -0.39 is 33.7 Å². The van der Waals surface area contributed by atoms with Crippen LogP contribution < -0.4 is 5.32 Å². The predicted molar refractivity (Wildman–Crippen MR) is 119 cm³/mol. The van der Waals surface area contributed by atoms with Gasteiger partial charge in [0.05, 0.1) is 5.56 Å². The van der Waals surface area contributed by atoms with E-state index in [4.69, 9.17) is 0 Å². The number of rotatable bonds is 9. The molecule has 0 fully saturated rings. The Labute approximate surface area is 192 Å². The SMILES string of the molecule is CCNC(=O)[C@H](CC)N(Cc1ccc(F)cc1)C(=O)CCN1C(=O)c2ccccc2S1(=O)=O. The summed E-state index contributed by atoms with van der Waals surface area (Å²) in [6, 6.07) is 10.6. The summed E-state index contributed by atoms with van der Waals surface area (Å²) in [6.07, 6.45) is 0.0290. The quantitative estimate of drug-likeness (QED) is 0.599. The van der Waals surface area contributed by atoms with E-state index in [1.165, 1.54) is 47.4 Å². The van der Waals surface area contributed by atoms with Gasteiger partial charge in [0.25, 0.3) is 15.9 Å². The number of nitrogens with one attached hydrogen (secondary N) is 1. The fourth-order valence-electron chi connectivity index (χ4n) is 3.79. The lowest BCUT2D eigenvalue weighted by molar-refractivity contribution is -0.141. The van der Waals surface area contributed by atoms with Crippen LogP contribution in [0.25, 0.3) is 0 Å². The monoisotopic (exact) mass is 475 g/mol. The fraction of sp³-hybridized carbons (Fsp3) is 0.348. The summed E-state index contributed by atoms with van der Waals surface area (Å²) in [7, 11) is -4.04. The lowest BCUT2D eigenvalue weighted by Crippen LogP contribution is -2.49. The molecule has 3 amide bonds. The van der Waals surface area contributed by atoms with E-state index in [1.807, 2.05) is 0 Å². The molecular formula is C23H26FN3O5S. The predicted octanol–water partition coefficient (Wildman–Crippen LogP) is 2.30. The van der Waals surface area contributed by atoms with Crippen LogP contribution in [0.1, 0.15) is 42.6 Å². The van der Waals surface area contributed by atoms with Gasteiger partial charge in [0.15, 0.2) is 0 Å². The first-order chi connectivity index (χ1) is 15.7. The number of carbonyl (C=O) groups is 3. The van der Waals surface area contributed by atoms with Gasteiger partial charge in [-0.15, -0.1) is 0 Å². The van der Waals surface area contributed by atoms with Crippen LogP contribution in [0.4, 0.5) is 4.39 Å².